The second kappa shape index (κ2) is 9.74. The van der Waals surface area contributed by atoms with Crippen LogP contribution in [-0.2, 0) is 4.79 Å². The van der Waals surface area contributed by atoms with Crippen molar-refractivity contribution in [3.63, 3.8) is 0 Å². The molecule has 1 saturated heterocycles. The van der Waals surface area contributed by atoms with Crippen LogP contribution in [-0.4, -0.2) is 61.6 Å². The molecular weight excluding hydrogens is 362 g/mol. The number of carbonyl (C=O) groups excluding carboxylic acids is 1. The van der Waals surface area contributed by atoms with Gasteiger partial charge < -0.3 is 10.1 Å². The molecule has 144 valence electrons. The maximum Gasteiger partial charge on any atom is 0.238 e. The average Bonchev–Trinajstić information content (AvgIpc) is 2.66. The maximum atomic E-state index is 12.2. The van der Waals surface area contributed by atoms with E-state index in [1.165, 1.54) is 5.56 Å². The molecular formula is C21H26ClN3O2. The fourth-order valence-corrected chi connectivity index (χ4v) is 3.25. The number of benzene rings is 2. The third-order valence-electron chi connectivity index (χ3n) is 4.67. The van der Waals surface area contributed by atoms with Gasteiger partial charge in [-0.1, -0.05) is 41.4 Å². The molecule has 0 atom stereocenters. The van der Waals surface area contributed by atoms with Gasteiger partial charge in [0.2, 0.25) is 5.91 Å². The van der Waals surface area contributed by atoms with Gasteiger partial charge >= 0.3 is 0 Å². The van der Waals surface area contributed by atoms with Crippen LogP contribution >= 0.6 is 11.6 Å². The van der Waals surface area contributed by atoms with Gasteiger partial charge in [-0.3, -0.25) is 14.6 Å². The predicted octanol–water partition coefficient (Wildman–Crippen LogP) is 3.28. The standard InChI is InChI=1S/C21H26ClN3O2/c1-17-6-8-18(9-7-17)23-21(26)16-25-12-10-24(11-13-25)14-15-27-20-5-3-2-4-19(20)22/h2-9H,10-16H2,1H3,(H,23,26). The number of nitrogens with zero attached hydrogens (tertiary/aromatic N) is 2. The second-order valence-corrected chi connectivity index (χ2v) is 7.22. The Morgan fingerprint density at radius 2 is 1.70 bits per heavy atom. The molecule has 0 spiro atoms. The molecule has 0 aliphatic carbocycles. The zero-order valence-corrected chi connectivity index (χ0v) is 16.4. The summed E-state index contributed by atoms with van der Waals surface area (Å²) >= 11 is 6.10. The molecule has 0 bridgehead atoms. The first-order chi connectivity index (χ1) is 13.1. The van der Waals surface area contributed by atoms with Crippen LogP contribution in [0.15, 0.2) is 48.5 Å². The molecule has 6 heteroatoms. The van der Waals surface area contributed by atoms with Crippen molar-refractivity contribution in [1.29, 1.82) is 0 Å². The van der Waals surface area contributed by atoms with Crippen molar-refractivity contribution in [2.24, 2.45) is 0 Å². The Bertz CT molecular complexity index is 743. The van der Waals surface area contributed by atoms with E-state index in [0.717, 1.165) is 44.2 Å². The zero-order chi connectivity index (χ0) is 19.1. The minimum atomic E-state index is 0.0364. The van der Waals surface area contributed by atoms with Gasteiger partial charge in [0.05, 0.1) is 11.6 Å². The zero-order valence-electron chi connectivity index (χ0n) is 15.7. The molecule has 0 unspecified atom stereocenters. The largest absolute Gasteiger partial charge is 0.491 e. The summed E-state index contributed by atoms with van der Waals surface area (Å²) in [7, 11) is 0. The van der Waals surface area contributed by atoms with E-state index in [0.29, 0.717) is 18.2 Å². The number of amides is 1. The molecule has 0 saturated carbocycles. The molecule has 1 aliphatic rings. The summed E-state index contributed by atoms with van der Waals surface area (Å²) in [5.74, 6) is 0.764. The number of hydrogen-bond acceptors (Lipinski definition) is 4. The number of nitrogens with one attached hydrogen (secondary N) is 1. The fourth-order valence-electron chi connectivity index (χ4n) is 3.06. The Morgan fingerprint density at radius 3 is 2.41 bits per heavy atom. The van der Waals surface area contributed by atoms with E-state index in [1.54, 1.807) is 0 Å². The Kier molecular flexibility index (Phi) is 7.10. The van der Waals surface area contributed by atoms with E-state index in [2.05, 4.69) is 15.1 Å². The van der Waals surface area contributed by atoms with E-state index < -0.39 is 0 Å². The van der Waals surface area contributed by atoms with Gasteiger partial charge in [0.15, 0.2) is 0 Å². The Labute approximate surface area is 165 Å². The van der Waals surface area contributed by atoms with Crippen LogP contribution in [0.3, 0.4) is 0 Å². The smallest absolute Gasteiger partial charge is 0.238 e. The number of hydrogen-bond donors (Lipinski definition) is 1. The Hall–Kier alpha value is -2.08. The van der Waals surface area contributed by atoms with Crippen molar-refractivity contribution in [1.82, 2.24) is 9.80 Å². The monoisotopic (exact) mass is 387 g/mol. The molecule has 3 rings (SSSR count). The number of halogens is 1. The van der Waals surface area contributed by atoms with Gasteiger partial charge in [-0.25, -0.2) is 0 Å². The summed E-state index contributed by atoms with van der Waals surface area (Å²) < 4.78 is 5.75. The van der Waals surface area contributed by atoms with Crippen molar-refractivity contribution >= 4 is 23.2 Å². The highest BCUT2D eigenvalue weighted by atomic mass is 35.5. The highest BCUT2D eigenvalue weighted by Crippen LogP contribution is 2.22. The SMILES string of the molecule is Cc1ccc(NC(=O)CN2CCN(CCOc3ccccc3Cl)CC2)cc1. The molecule has 27 heavy (non-hydrogen) atoms. The molecule has 1 amide bonds. The molecule has 1 fully saturated rings. The number of piperazine rings is 1. The Morgan fingerprint density at radius 1 is 1.04 bits per heavy atom. The molecule has 1 aliphatic heterocycles. The lowest BCUT2D eigenvalue weighted by Gasteiger charge is -2.34. The van der Waals surface area contributed by atoms with Crippen LogP contribution in [0.1, 0.15) is 5.56 Å². The van der Waals surface area contributed by atoms with Crippen LogP contribution in [0.25, 0.3) is 0 Å². The first kappa shape index (κ1) is 19.7. The quantitative estimate of drug-likeness (QED) is 0.791. The first-order valence-corrected chi connectivity index (χ1v) is 9.66. The molecule has 0 aromatic heterocycles. The van der Waals surface area contributed by atoms with Crippen molar-refractivity contribution < 1.29 is 9.53 Å². The number of para-hydroxylation sites is 1. The van der Waals surface area contributed by atoms with Crippen molar-refractivity contribution in [2.75, 3.05) is 51.2 Å². The van der Waals surface area contributed by atoms with Crippen LogP contribution in [0, 0.1) is 6.92 Å². The predicted molar refractivity (Wildman–Crippen MR) is 110 cm³/mol. The number of rotatable bonds is 7. The summed E-state index contributed by atoms with van der Waals surface area (Å²) in [5.41, 5.74) is 2.03. The molecule has 5 nitrogen and oxygen atoms in total. The summed E-state index contributed by atoms with van der Waals surface area (Å²) in [6.07, 6.45) is 0. The molecule has 1 heterocycles. The van der Waals surface area contributed by atoms with Gasteiger partial charge in [-0.2, -0.15) is 0 Å². The first-order valence-electron chi connectivity index (χ1n) is 9.29. The third-order valence-corrected chi connectivity index (χ3v) is 4.98. The summed E-state index contributed by atoms with van der Waals surface area (Å²) in [5, 5.41) is 3.60. The van der Waals surface area contributed by atoms with Crippen LogP contribution in [0.5, 0.6) is 5.75 Å². The number of carbonyl (C=O) groups is 1. The lowest BCUT2D eigenvalue weighted by molar-refractivity contribution is -0.117. The normalized spacial score (nSPS) is 15.5. The third kappa shape index (κ3) is 6.24. The molecule has 1 N–H and O–H groups in total. The van der Waals surface area contributed by atoms with Crippen LogP contribution < -0.4 is 10.1 Å². The topological polar surface area (TPSA) is 44.8 Å². The Balaban J connectivity index is 1.34. The van der Waals surface area contributed by atoms with Gasteiger partial charge in [0.1, 0.15) is 12.4 Å². The van der Waals surface area contributed by atoms with Crippen LogP contribution in [0.4, 0.5) is 5.69 Å². The lowest BCUT2D eigenvalue weighted by Crippen LogP contribution is -2.49. The second-order valence-electron chi connectivity index (χ2n) is 6.81. The van der Waals surface area contributed by atoms with E-state index in [-0.39, 0.29) is 5.91 Å². The van der Waals surface area contributed by atoms with Gasteiger partial charge in [0.25, 0.3) is 0 Å². The highest BCUT2D eigenvalue weighted by Gasteiger charge is 2.19. The van der Waals surface area contributed by atoms with Crippen molar-refractivity contribution in [3.05, 3.63) is 59.1 Å². The summed E-state index contributed by atoms with van der Waals surface area (Å²) in [4.78, 5) is 16.8. The van der Waals surface area contributed by atoms with E-state index in [9.17, 15) is 4.79 Å². The average molecular weight is 388 g/mol. The van der Waals surface area contributed by atoms with E-state index in [4.69, 9.17) is 16.3 Å². The molecule has 2 aromatic rings. The van der Waals surface area contributed by atoms with E-state index in [1.807, 2.05) is 55.5 Å². The summed E-state index contributed by atoms with van der Waals surface area (Å²) in [6, 6.07) is 15.4. The highest BCUT2D eigenvalue weighted by molar-refractivity contribution is 6.32. The molecule has 0 radical (unpaired) electrons. The van der Waals surface area contributed by atoms with E-state index >= 15 is 0 Å². The van der Waals surface area contributed by atoms with Crippen molar-refractivity contribution in [3.8, 4) is 5.75 Å². The number of anilines is 1. The minimum Gasteiger partial charge on any atom is -0.491 e. The van der Waals surface area contributed by atoms with Gasteiger partial charge in [-0.05, 0) is 31.2 Å². The van der Waals surface area contributed by atoms with Gasteiger partial charge in [-0.15, -0.1) is 0 Å². The molecule has 2 aromatic carbocycles. The van der Waals surface area contributed by atoms with Crippen LogP contribution in [0.2, 0.25) is 5.02 Å². The maximum absolute atomic E-state index is 12.2. The van der Waals surface area contributed by atoms with Gasteiger partial charge in [0, 0.05) is 38.4 Å². The van der Waals surface area contributed by atoms with Crippen molar-refractivity contribution in [2.45, 2.75) is 6.92 Å². The number of aryl methyl sites for hydroxylation is 1. The number of ether oxygens (including phenoxy) is 1. The fraction of sp³-hybridized carbons (Fsp3) is 0.381. The minimum absolute atomic E-state index is 0.0364. The lowest BCUT2D eigenvalue weighted by atomic mass is 10.2. The summed E-state index contributed by atoms with van der Waals surface area (Å²) in [6.45, 7) is 7.56.